The van der Waals surface area contributed by atoms with E-state index in [1.165, 1.54) is 18.5 Å². The zero-order chi connectivity index (χ0) is 18.8. The third-order valence-corrected chi connectivity index (χ3v) is 5.21. The fourth-order valence-electron chi connectivity index (χ4n) is 3.68. The van der Waals surface area contributed by atoms with Crippen LogP contribution in [0.2, 0.25) is 0 Å². The summed E-state index contributed by atoms with van der Waals surface area (Å²) in [5.74, 6) is 0.0487. The molecule has 0 unspecified atom stereocenters. The Morgan fingerprint density at radius 3 is 2.85 bits per heavy atom. The molecule has 27 heavy (non-hydrogen) atoms. The second kappa shape index (κ2) is 7.30. The number of benzene rings is 1. The van der Waals surface area contributed by atoms with Crippen molar-refractivity contribution in [1.29, 1.82) is 0 Å². The normalized spacial score (nSPS) is 16.4. The van der Waals surface area contributed by atoms with E-state index in [9.17, 15) is 9.18 Å². The summed E-state index contributed by atoms with van der Waals surface area (Å²) in [7, 11) is 0. The highest BCUT2D eigenvalue weighted by atomic mass is 19.1. The first-order valence-corrected chi connectivity index (χ1v) is 9.05. The molecule has 1 amide bonds. The third-order valence-electron chi connectivity index (χ3n) is 5.21. The maximum absolute atomic E-state index is 13.6. The Kier molecular flexibility index (Phi) is 4.70. The minimum atomic E-state index is -0.362. The highest BCUT2D eigenvalue weighted by Gasteiger charge is 2.29. The van der Waals surface area contributed by atoms with Gasteiger partial charge in [-0.25, -0.2) is 14.1 Å². The molecule has 0 spiro atoms. The molecule has 2 aromatic heterocycles. The molecule has 0 bridgehead atoms. The van der Waals surface area contributed by atoms with Gasteiger partial charge >= 0.3 is 0 Å². The van der Waals surface area contributed by atoms with Gasteiger partial charge in [0.1, 0.15) is 24.5 Å². The summed E-state index contributed by atoms with van der Waals surface area (Å²) >= 11 is 0. The standard InChI is InChI=1S/C19H21FN6O/c1-13(26-12-21-11-23-26)19(27)25-7-5-14(6-8-25)18-17(10-22-24-18)15-3-2-4-16(20)9-15/h2-4,9-14H,5-8H2,1H3,(H,22,24)/t13-/m0/s1. The van der Waals surface area contributed by atoms with Crippen molar-refractivity contribution < 1.29 is 9.18 Å². The van der Waals surface area contributed by atoms with Crippen LogP contribution < -0.4 is 0 Å². The number of rotatable bonds is 4. The van der Waals surface area contributed by atoms with Crippen molar-refractivity contribution in [1.82, 2.24) is 29.9 Å². The van der Waals surface area contributed by atoms with Gasteiger partial charge in [-0.3, -0.25) is 9.89 Å². The molecule has 0 aliphatic carbocycles. The number of hydrogen-bond donors (Lipinski definition) is 1. The highest BCUT2D eigenvalue weighted by Crippen LogP contribution is 2.34. The van der Waals surface area contributed by atoms with Crippen LogP contribution in [-0.4, -0.2) is 48.9 Å². The van der Waals surface area contributed by atoms with E-state index in [0.717, 1.165) is 29.7 Å². The van der Waals surface area contributed by atoms with Gasteiger partial charge < -0.3 is 4.90 Å². The Morgan fingerprint density at radius 1 is 1.33 bits per heavy atom. The Hall–Kier alpha value is -3.03. The predicted molar refractivity (Wildman–Crippen MR) is 97.3 cm³/mol. The summed E-state index contributed by atoms with van der Waals surface area (Å²) in [5, 5.41) is 11.3. The Balaban J connectivity index is 1.45. The second-order valence-electron chi connectivity index (χ2n) is 6.86. The van der Waals surface area contributed by atoms with Gasteiger partial charge in [0.25, 0.3) is 0 Å². The summed E-state index contributed by atoms with van der Waals surface area (Å²) in [4.78, 5) is 18.5. The molecule has 4 rings (SSSR count). The molecule has 1 atom stereocenters. The zero-order valence-corrected chi connectivity index (χ0v) is 15.0. The Labute approximate surface area is 156 Å². The van der Waals surface area contributed by atoms with Crippen LogP contribution in [0.5, 0.6) is 0 Å². The fourth-order valence-corrected chi connectivity index (χ4v) is 3.68. The maximum atomic E-state index is 13.6. The number of likely N-dealkylation sites (tertiary alicyclic amines) is 1. The van der Waals surface area contributed by atoms with Crippen LogP contribution in [0.25, 0.3) is 11.1 Å². The van der Waals surface area contributed by atoms with Crippen molar-refractivity contribution >= 4 is 5.91 Å². The highest BCUT2D eigenvalue weighted by molar-refractivity contribution is 5.80. The van der Waals surface area contributed by atoms with Crippen molar-refractivity contribution in [2.75, 3.05) is 13.1 Å². The smallest absolute Gasteiger partial charge is 0.247 e. The lowest BCUT2D eigenvalue weighted by Gasteiger charge is -2.33. The maximum Gasteiger partial charge on any atom is 0.247 e. The molecule has 1 fully saturated rings. The van der Waals surface area contributed by atoms with Crippen molar-refractivity contribution in [3.63, 3.8) is 0 Å². The number of carbonyl (C=O) groups excluding carboxylic acids is 1. The van der Waals surface area contributed by atoms with Gasteiger partial charge in [0.2, 0.25) is 5.91 Å². The van der Waals surface area contributed by atoms with E-state index in [1.807, 2.05) is 17.9 Å². The summed E-state index contributed by atoms with van der Waals surface area (Å²) in [6, 6.07) is 6.18. The van der Waals surface area contributed by atoms with E-state index in [0.29, 0.717) is 13.1 Å². The molecule has 8 heteroatoms. The van der Waals surface area contributed by atoms with Crippen molar-refractivity contribution in [2.45, 2.75) is 31.7 Å². The number of nitrogens with zero attached hydrogens (tertiary/aromatic N) is 5. The number of carbonyl (C=O) groups is 1. The van der Waals surface area contributed by atoms with E-state index < -0.39 is 0 Å². The number of H-pyrrole nitrogens is 1. The van der Waals surface area contributed by atoms with E-state index in [1.54, 1.807) is 23.3 Å². The van der Waals surface area contributed by atoms with Crippen LogP contribution in [0.3, 0.4) is 0 Å². The molecule has 0 saturated carbocycles. The van der Waals surface area contributed by atoms with Gasteiger partial charge in [-0.15, -0.1) is 0 Å². The molecule has 7 nitrogen and oxygen atoms in total. The zero-order valence-electron chi connectivity index (χ0n) is 15.0. The van der Waals surface area contributed by atoms with Crippen LogP contribution >= 0.6 is 0 Å². The molecule has 3 heterocycles. The average molecular weight is 368 g/mol. The molecule has 1 aromatic carbocycles. The number of hydrogen-bond acceptors (Lipinski definition) is 4. The predicted octanol–water partition coefficient (Wildman–Crippen LogP) is 2.77. The lowest BCUT2D eigenvalue weighted by atomic mass is 9.89. The molecule has 1 N–H and O–H groups in total. The van der Waals surface area contributed by atoms with Gasteiger partial charge in [-0.2, -0.15) is 10.2 Å². The van der Waals surface area contributed by atoms with E-state index >= 15 is 0 Å². The van der Waals surface area contributed by atoms with Crippen molar-refractivity contribution in [3.05, 3.63) is 54.6 Å². The third kappa shape index (κ3) is 3.47. The molecule has 1 aliphatic rings. The summed E-state index contributed by atoms with van der Waals surface area (Å²) in [6.45, 7) is 3.17. The topological polar surface area (TPSA) is 79.7 Å². The van der Waals surface area contributed by atoms with E-state index in [2.05, 4.69) is 20.3 Å². The first-order chi connectivity index (χ1) is 13.1. The summed E-state index contributed by atoms with van der Waals surface area (Å²) < 4.78 is 15.2. The Bertz CT molecular complexity index is 914. The van der Waals surface area contributed by atoms with Gasteiger partial charge in [0.05, 0.1) is 6.20 Å². The number of aromatic nitrogens is 5. The van der Waals surface area contributed by atoms with Crippen LogP contribution in [-0.2, 0) is 4.79 Å². The van der Waals surface area contributed by atoms with Crippen molar-refractivity contribution in [3.8, 4) is 11.1 Å². The number of nitrogens with one attached hydrogen (secondary N) is 1. The number of piperidine rings is 1. The van der Waals surface area contributed by atoms with E-state index in [4.69, 9.17) is 0 Å². The first kappa shape index (κ1) is 17.4. The van der Waals surface area contributed by atoms with Gasteiger partial charge in [-0.1, -0.05) is 12.1 Å². The summed E-state index contributed by atoms with van der Waals surface area (Å²) in [6.07, 6.45) is 6.41. The molecular formula is C19H21FN6O. The lowest BCUT2D eigenvalue weighted by Crippen LogP contribution is -2.41. The second-order valence-corrected chi connectivity index (χ2v) is 6.86. The van der Waals surface area contributed by atoms with Gasteiger partial charge in [-0.05, 0) is 37.5 Å². The van der Waals surface area contributed by atoms with Crippen LogP contribution in [0, 0.1) is 5.82 Å². The fraction of sp³-hybridized carbons (Fsp3) is 0.368. The quantitative estimate of drug-likeness (QED) is 0.768. The van der Waals surface area contributed by atoms with Crippen LogP contribution in [0.4, 0.5) is 4.39 Å². The van der Waals surface area contributed by atoms with Gasteiger partial charge in [0, 0.05) is 30.3 Å². The first-order valence-electron chi connectivity index (χ1n) is 9.05. The number of halogens is 1. The molecule has 1 saturated heterocycles. The lowest BCUT2D eigenvalue weighted by molar-refractivity contribution is -0.135. The van der Waals surface area contributed by atoms with Crippen molar-refractivity contribution in [2.24, 2.45) is 0 Å². The van der Waals surface area contributed by atoms with Crippen LogP contribution in [0.15, 0.2) is 43.1 Å². The molecule has 3 aromatic rings. The summed E-state index contributed by atoms with van der Waals surface area (Å²) in [5.41, 5.74) is 2.75. The van der Waals surface area contributed by atoms with Crippen LogP contribution in [0.1, 0.15) is 37.4 Å². The molecule has 140 valence electrons. The largest absolute Gasteiger partial charge is 0.341 e. The number of aromatic amines is 1. The average Bonchev–Trinajstić information content (AvgIpc) is 3.39. The number of amides is 1. The van der Waals surface area contributed by atoms with E-state index in [-0.39, 0.29) is 23.7 Å². The van der Waals surface area contributed by atoms with Gasteiger partial charge in [0.15, 0.2) is 0 Å². The monoisotopic (exact) mass is 368 g/mol. The molecular weight excluding hydrogens is 347 g/mol. The Morgan fingerprint density at radius 2 is 2.15 bits per heavy atom. The molecule has 1 aliphatic heterocycles. The SMILES string of the molecule is C[C@@H](C(=O)N1CCC(c2[nH]ncc2-c2cccc(F)c2)CC1)n1cncn1. The minimum absolute atomic E-state index is 0.0499. The minimum Gasteiger partial charge on any atom is -0.341 e. The molecule has 0 radical (unpaired) electrons.